The third kappa shape index (κ3) is 6.29. The largest absolute Gasteiger partial charge is 0.402 e. The van der Waals surface area contributed by atoms with E-state index in [2.05, 4.69) is 15.9 Å². The molecule has 6 heteroatoms. The topological polar surface area (TPSA) is 23.5 Å². The molecule has 2 unspecified atom stereocenters. The smallest absolute Gasteiger partial charge is 0.392 e. The Balaban J connectivity index is 3.85. The van der Waals surface area contributed by atoms with Crippen LogP contribution in [0.4, 0.5) is 13.2 Å². The van der Waals surface area contributed by atoms with Crippen molar-refractivity contribution in [3.63, 3.8) is 0 Å². The summed E-state index contributed by atoms with van der Waals surface area (Å²) in [5.74, 6) is 0. The number of hydrogen-bond acceptors (Lipinski definition) is 2. The van der Waals surface area contributed by atoms with Crippen molar-refractivity contribution in [2.45, 2.75) is 24.0 Å². The highest BCUT2D eigenvalue weighted by Crippen LogP contribution is 2.26. The van der Waals surface area contributed by atoms with E-state index in [0.717, 1.165) is 0 Å². The van der Waals surface area contributed by atoms with Crippen LogP contribution in [-0.4, -0.2) is 47.3 Å². The first-order chi connectivity index (χ1) is 5.73. The van der Waals surface area contributed by atoms with Gasteiger partial charge in [-0.3, -0.25) is 0 Å². The molecule has 0 spiro atoms. The van der Waals surface area contributed by atoms with Crippen LogP contribution >= 0.6 is 15.9 Å². The van der Waals surface area contributed by atoms with Crippen molar-refractivity contribution in [3.8, 4) is 0 Å². The normalized spacial score (nSPS) is 17.5. The number of alkyl halides is 4. The summed E-state index contributed by atoms with van der Waals surface area (Å²) in [5.41, 5.74) is 0. The predicted molar refractivity (Wildman–Crippen MR) is 47.9 cm³/mol. The molecule has 0 saturated carbocycles. The molecule has 0 rings (SSSR count). The first-order valence-corrected chi connectivity index (χ1v) is 4.72. The van der Waals surface area contributed by atoms with Crippen molar-refractivity contribution in [2.24, 2.45) is 0 Å². The van der Waals surface area contributed by atoms with E-state index in [0.29, 0.717) is 0 Å². The molecule has 0 aromatic heterocycles. The minimum atomic E-state index is -4.23. The molecular formula is C7H13BrF3NO. The Morgan fingerprint density at radius 2 is 1.85 bits per heavy atom. The van der Waals surface area contributed by atoms with Gasteiger partial charge >= 0.3 is 6.18 Å². The van der Waals surface area contributed by atoms with E-state index < -0.39 is 17.1 Å². The van der Waals surface area contributed by atoms with Crippen molar-refractivity contribution in [1.29, 1.82) is 0 Å². The lowest BCUT2D eigenvalue weighted by atomic mass is 10.3. The van der Waals surface area contributed by atoms with Gasteiger partial charge in [0.1, 0.15) is 4.83 Å². The van der Waals surface area contributed by atoms with Crippen LogP contribution in [0.2, 0.25) is 0 Å². The number of likely N-dealkylation sites (N-methyl/N-ethyl adjacent to an activating group) is 1. The summed E-state index contributed by atoms with van der Waals surface area (Å²) in [7, 11) is 1.53. The maximum atomic E-state index is 12.0. The van der Waals surface area contributed by atoms with Gasteiger partial charge in [-0.1, -0.05) is 15.9 Å². The van der Waals surface area contributed by atoms with Crippen LogP contribution in [0.15, 0.2) is 0 Å². The van der Waals surface area contributed by atoms with Gasteiger partial charge in [0.25, 0.3) is 0 Å². The summed E-state index contributed by atoms with van der Waals surface area (Å²) in [6.07, 6.45) is -4.84. The summed E-state index contributed by atoms with van der Waals surface area (Å²) >= 11 is 2.54. The average molecular weight is 264 g/mol. The third-order valence-electron chi connectivity index (χ3n) is 1.40. The molecule has 1 N–H and O–H groups in total. The van der Waals surface area contributed by atoms with Crippen molar-refractivity contribution >= 4 is 15.9 Å². The summed E-state index contributed by atoms with van der Waals surface area (Å²) in [4.78, 5) is -0.110. The lowest BCUT2D eigenvalue weighted by molar-refractivity contribution is -0.130. The molecule has 0 amide bonds. The zero-order valence-electron chi connectivity index (χ0n) is 7.48. The van der Waals surface area contributed by atoms with E-state index in [9.17, 15) is 13.2 Å². The Hall–Kier alpha value is 0.190. The van der Waals surface area contributed by atoms with Crippen molar-refractivity contribution in [3.05, 3.63) is 0 Å². The third-order valence-corrected chi connectivity index (χ3v) is 2.21. The lowest BCUT2D eigenvalue weighted by Crippen LogP contribution is -2.38. The second-order valence-electron chi connectivity index (χ2n) is 3.08. The monoisotopic (exact) mass is 263 g/mol. The van der Waals surface area contributed by atoms with Gasteiger partial charge in [0.15, 0.2) is 0 Å². The van der Waals surface area contributed by atoms with Crippen LogP contribution in [0.25, 0.3) is 0 Å². The van der Waals surface area contributed by atoms with Gasteiger partial charge in [0, 0.05) is 13.1 Å². The van der Waals surface area contributed by atoms with Crippen molar-refractivity contribution in [2.75, 3.05) is 20.1 Å². The zero-order chi connectivity index (χ0) is 10.6. The zero-order valence-corrected chi connectivity index (χ0v) is 9.06. The number of aliphatic hydroxyl groups is 1. The van der Waals surface area contributed by atoms with Crippen LogP contribution < -0.4 is 0 Å². The van der Waals surface area contributed by atoms with Crippen LogP contribution in [0.3, 0.4) is 0 Å². The number of aliphatic hydroxyl groups excluding tert-OH is 1. The standard InChI is InChI=1S/C7H13BrF3NO/c1-5(13)3-12(2)4-6(8)7(9,10)11/h5-6,13H,3-4H2,1-2H3. The van der Waals surface area contributed by atoms with Gasteiger partial charge in [0.05, 0.1) is 6.10 Å². The average Bonchev–Trinajstić information content (AvgIpc) is 1.82. The van der Waals surface area contributed by atoms with E-state index >= 15 is 0 Å². The first kappa shape index (κ1) is 13.2. The summed E-state index contributed by atoms with van der Waals surface area (Å²) in [6.45, 7) is 1.61. The van der Waals surface area contributed by atoms with E-state index in [1.807, 2.05) is 0 Å². The summed E-state index contributed by atoms with van der Waals surface area (Å²) in [5, 5.41) is 8.90. The fraction of sp³-hybridized carbons (Fsp3) is 1.00. The van der Waals surface area contributed by atoms with Crippen molar-refractivity contribution in [1.82, 2.24) is 4.90 Å². The molecule has 0 aliphatic heterocycles. The molecule has 0 aromatic carbocycles. The van der Waals surface area contributed by atoms with Crippen LogP contribution in [-0.2, 0) is 0 Å². The second kappa shape index (κ2) is 5.17. The Bertz CT molecular complexity index is 151. The van der Waals surface area contributed by atoms with E-state index in [4.69, 9.17) is 5.11 Å². The molecular weight excluding hydrogens is 251 g/mol. The molecule has 2 atom stereocenters. The molecule has 80 valence electrons. The molecule has 13 heavy (non-hydrogen) atoms. The van der Waals surface area contributed by atoms with Gasteiger partial charge in [-0.05, 0) is 14.0 Å². The molecule has 0 bridgehead atoms. The highest BCUT2D eigenvalue weighted by Gasteiger charge is 2.38. The minimum Gasteiger partial charge on any atom is -0.392 e. The van der Waals surface area contributed by atoms with Crippen molar-refractivity contribution < 1.29 is 18.3 Å². The molecule has 0 aromatic rings. The van der Waals surface area contributed by atoms with Gasteiger partial charge in [-0.15, -0.1) is 0 Å². The maximum Gasteiger partial charge on any atom is 0.402 e. The second-order valence-corrected chi connectivity index (χ2v) is 4.18. The fourth-order valence-corrected chi connectivity index (χ4v) is 1.40. The summed E-state index contributed by atoms with van der Waals surface area (Å²) < 4.78 is 36.0. The first-order valence-electron chi connectivity index (χ1n) is 3.81. The summed E-state index contributed by atoms with van der Waals surface area (Å²) in [6, 6.07) is 0. The molecule has 0 heterocycles. The Morgan fingerprint density at radius 3 is 2.15 bits per heavy atom. The molecule has 0 aliphatic rings. The lowest BCUT2D eigenvalue weighted by Gasteiger charge is -2.22. The Kier molecular flexibility index (Phi) is 5.24. The van der Waals surface area contributed by atoms with E-state index in [1.54, 1.807) is 0 Å². The van der Waals surface area contributed by atoms with Gasteiger partial charge < -0.3 is 10.0 Å². The highest BCUT2D eigenvalue weighted by atomic mass is 79.9. The van der Waals surface area contributed by atoms with E-state index in [1.165, 1.54) is 18.9 Å². The quantitative estimate of drug-likeness (QED) is 0.780. The molecule has 0 fully saturated rings. The molecule has 0 aliphatic carbocycles. The minimum absolute atomic E-state index is 0.158. The van der Waals surface area contributed by atoms with Crippen LogP contribution in [0, 0.1) is 0 Å². The molecule has 0 saturated heterocycles. The fourth-order valence-electron chi connectivity index (χ4n) is 0.903. The molecule has 2 nitrogen and oxygen atoms in total. The number of hydrogen-bond donors (Lipinski definition) is 1. The number of nitrogens with zero attached hydrogens (tertiary/aromatic N) is 1. The number of halogens is 4. The van der Waals surface area contributed by atoms with Gasteiger partial charge in [-0.2, -0.15) is 13.2 Å². The SMILES string of the molecule is CC(O)CN(C)CC(Br)C(F)(F)F. The van der Waals surface area contributed by atoms with E-state index in [-0.39, 0.29) is 13.1 Å². The van der Waals surface area contributed by atoms with Crippen LogP contribution in [0.5, 0.6) is 0 Å². The maximum absolute atomic E-state index is 12.0. The van der Waals surface area contributed by atoms with Gasteiger partial charge in [0.2, 0.25) is 0 Å². The highest BCUT2D eigenvalue weighted by molar-refractivity contribution is 9.09. The predicted octanol–water partition coefficient (Wildman–Crippen LogP) is 1.62. The van der Waals surface area contributed by atoms with Gasteiger partial charge in [-0.25, -0.2) is 0 Å². The van der Waals surface area contributed by atoms with Crippen LogP contribution in [0.1, 0.15) is 6.92 Å². The number of rotatable bonds is 4. The Labute approximate surface area is 83.8 Å². The molecule has 0 radical (unpaired) electrons. The Morgan fingerprint density at radius 1 is 1.38 bits per heavy atom.